The van der Waals surface area contributed by atoms with E-state index in [2.05, 4.69) is 0 Å². The van der Waals surface area contributed by atoms with Crippen molar-refractivity contribution in [1.82, 2.24) is 0 Å². The predicted molar refractivity (Wildman–Crippen MR) is 70.3 cm³/mol. The molecule has 0 aliphatic heterocycles. The van der Waals surface area contributed by atoms with E-state index in [1.807, 2.05) is 24.3 Å². The Labute approximate surface area is 113 Å². The normalized spacial score (nSPS) is 10.4. The van der Waals surface area contributed by atoms with Gasteiger partial charge in [-0.25, -0.2) is 0 Å². The first-order chi connectivity index (χ1) is 9.22. The van der Waals surface area contributed by atoms with Gasteiger partial charge in [-0.05, 0) is 30.5 Å². The highest BCUT2D eigenvalue weighted by Gasteiger charge is 1.99. The molecule has 5 heteroatoms. The third kappa shape index (κ3) is 7.43. The molecule has 5 nitrogen and oxygen atoms in total. The quantitative estimate of drug-likeness (QED) is 0.520. The lowest BCUT2D eigenvalue weighted by Crippen LogP contribution is -2.04. The van der Waals surface area contributed by atoms with Gasteiger partial charge in [-0.3, -0.25) is 4.79 Å². The van der Waals surface area contributed by atoms with Crippen LogP contribution in [0.5, 0.6) is 5.75 Å². The molecule has 0 fully saturated rings. The molecule has 0 atom stereocenters. The van der Waals surface area contributed by atoms with Crippen LogP contribution >= 0.6 is 0 Å². The summed E-state index contributed by atoms with van der Waals surface area (Å²) >= 11 is 0. The maximum atomic E-state index is 10.3. The summed E-state index contributed by atoms with van der Waals surface area (Å²) in [4.78, 5) is 10.3. The smallest absolute Gasteiger partial charge is 0.305 e. The first kappa shape index (κ1) is 15.5. The summed E-state index contributed by atoms with van der Waals surface area (Å²) in [7, 11) is 1.58. The minimum Gasteiger partial charge on any atom is -0.481 e. The number of aliphatic carboxylic acids is 1. The number of rotatable bonds is 10. The van der Waals surface area contributed by atoms with Gasteiger partial charge in [0.1, 0.15) is 5.75 Å². The Morgan fingerprint density at radius 1 is 1.32 bits per heavy atom. The molecule has 1 aromatic rings. The van der Waals surface area contributed by atoms with Crippen LogP contribution in [-0.4, -0.2) is 38.2 Å². The van der Waals surface area contributed by atoms with Crippen molar-refractivity contribution in [2.75, 3.05) is 27.1 Å². The third-order valence-electron chi connectivity index (χ3n) is 2.46. The second kappa shape index (κ2) is 9.35. The molecule has 1 N–H and O–H groups in total. The van der Waals surface area contributed by atoms with Crippen LogP contribution in [0.15, 0.2) is 24.3 Å². The predicted octanol–water partition coefficient (Wildman–Crippen LogP) is 2.09. The second-order valence-electron chi connectivity index (χ2n) is 4.06. The zero-order valence-electron chi connectivity index (χ0n) is 11.1. The molecule has 0 amide bonds. The highest BCUT2D eigenvalue weighted by atomic mass is 16.7. The van der Waals surface area contributed by atoms with Crippen molar-refractivity contribution in [3.8, 4) is 5.75 Å². The van der Waals surface area contributed by atoms with Crippen molar-refractivity contribution in [1.29, 1.82) is 0 Å². The van der Waals surface area contributed by atoms with E-state index in [1.54, 1.807) is 7.11 Å². The van der Waals surface area contributed by atoms with Gasteiger partial charge in [0.15, 0.2) is 6.79 Å². The lowest BCUT2D eigenvalue weighted by Gasteiger charge is -2.07. The first-order valence-electron chi connectivity index (χ1n) is 6.22. The molecular formula is C14H20O5. The molecular weight excluding hydrogens is 248 g/mol. The Hall–Kier alpha value is -1.59. The van der Waals surface area contributed by atoms with E-state index in [-0.39, 0.29) is 19.8 Å². The lowest BCUT2D eigenvalue weighted by atomic mass is 10.1. The summed E-state index contributed by atoms with van der Waals surface area (Å²) in [5, 5.41) is 8.45. The van der Waals surface area contributed by atoms with E-state index < -0.39 is 5.97 Å². The average Bonchev–Trinajstić information content (AvgIpc) is 2.40. The molecule has 106 valence electrons. The van der Waals surface area contributed by atoms with E-state index >= 15 is 0 Å². The molecule has 0 bridgehead atoms. The van der Waals surface area contributed by atoms with Crippen LogP contribution in [0.1, 0.15) is 18.4 Å². The highest BCUT2D eigenvalue weighted by Crippen LogP contribution is 2.14. The minimum atomic E-state index is -0.831. The van der Waals surface area contributed by atoms with Crippen LogP contribution in [0.4, 0.5) is 0 Å². The standard InChI is InChI=1S/C14H20O5/c1-17-11-19-13-6-2-4-12(10-13)5-3-8-18-9-7-14(15)16/h2,4,6,10H,3,5,7-9,11H2,1H3,(H,15,16). The molecule has 0 aliphatic carbocycles. The van der Waals surface area contributed by atoms with Crippen molar-refractivity contribution < 1.29 is 24.1 Å². The number of carboxylic acid groups (broad SMARTS) is 1. The molecule has 1 aromatic carbocycles. The number of ether oxygens (including phenoxy) is 3. The molecule has 19 heavy (non-hydrogen) atoms. The van der Waals surface area contributed by atoms with E-state index in [9.17, 15) is 4.79 Å². The van der Waals surface area contributed by atoms with Crippen molar-refractivity contribution in [2.45, 2.75) is 19.3 Å². The fraction of sp³-hybridized carbons (Fsp3) is 0.500. The zero-order valence-corrected chi connectivity index (χ0v) is 11.1. The summed E-state index contributed by atoms with van der Waals surface area (Å²) < 4.78 is 15.4. The van der Waals surface area contributed by atoms with Crippen LogP contribution in [0.2, 0.25) is 0 Å². The minimum absolute atomic E-state index is 0.0559. The van der Waals surface area contributed by atoms with E-state index in [1.165, 1.54) is 0 Å². The molecule has 0 heterocycles. The Bertz CT molecular complexity index is 378. The van der Waals surface area contributed by atoms with Gasteiger partial charge in [-0.2, -0.15) is 0 Å². The molecule has 0 unspecified atom stereocenters. The van der Waals surface area contributed by atoms with Gasteiger partial charge < -0.3 is 19.3 Å². The Morgan fingerprint density at radius 2 is 2.16 bits per heavy atom. The summed E-state index contributed by atoms with van der Waals surface area (Å²) in [5.41, 5.74) is 1.16. The molecule has 0 saturated heterocycles. The molecule has 0 aromatic heterocycles. The average molecular weight is 268 g/mol. The van der Waals surface area contributed by atoms with Gasteiger partial charge in [-0.15, -0.1) is 0 Å². The van der Waals surface area contributed by atoms with Crippen molar-refractivity contribution in [3.05, 3.63) is 29.8 Å². The number of carbonyl (C=O) groups is 1. The van der Waals surface area contributed by atoms with Crippen LogP contribution in [0.3, 0.4) is 0 Å². The zero-order chi connectivity index (χ0) is 13.9. The first-order valence-corrected chi connectivity index (χ1v) is 6.22. The maximum absolute atomic E-state index is 10.3. The van der Waals surface area contributed by atoms with Gasteiger partial charge in [-0.1, -0.05) is 12.1 Å². The van der Waals surface area contributed by atoms with Gasteiger partial charge in [0.25, 0.3) is 0 Å². The van der Waals surface area contributed by atoms with Gasteiger partial charge in [0.05, 0.1) is 13.0 Å². The van der Waals surface area contributed by atoms with Crippen molar-refractivity contribution in [3.63, 3.8) is 0 Å². The Balaban J connectivity index is 2.19. The monoisotopic (exact) mass is 268 g/mol. The number of hydrogen-bond donors (Lipinski definition) is 1. The number of benzene rings is 1. The summed E-state index contributed by atoms with van der Waals surface area (Å²) in [6.45, 7) is 1.07. The molecule has 1 rings (SSSR count). The van der Waals surface area contributed by atoms with Crippen LogP contribution in [0.25, 0.3) is 0 Å². The molecule has 0 aliphatic rings. The van der Waals surface area contributed by atoms with E-state index in [0.717, 1.165) is 24.2 Å². The Morgan fingerprint density at radius 3 is 2.89 bits per heavy atom. The molecule has 0 spiro atoms. The second-order valence-corrected chi connectivity index (χ2v) is 4.06. The van der Waals surface area contributed by atoms with Gasteiger partial charge >= 0.3 is 5.97 Å². The SMILES string of the molecule is COCOc1cccc(CCCOCCC(=O)O)c1. The van der Waals surface area contributed by atoms with E-state index in [4.69, 9.17) is 19.3 Å². The van der Waals surface area contributed by atoms with Gasteiger partial charge in [0, 0.05) is 13.7 Å². The number of methoxy groups -OCH3 is 1. The molecule has 0 radical (unpaired) electrons. The summed E-state index contributed by atoms with van der Waals surface area (Å²) in [6, 6.07) is 7.81. The number of carboxylic acids is 1. The van der Waals surface area contributed by atoms with Gasteiger partial charge in [0.2, 0.25) is 0 Å². The summed E-state index contributed by atoms with van der Waals surface area (Å²) in [5.74, 6) is -0.0471. The number of hydrogen-bond acceptors (Lipinski definition) is 4. The van der Waals surface area contributed by atoms with Crippen LogP contribution < -0.4 is 4.74 Å². The fourth-order valence-electron chi connectivity index (χ4n) is 1.56. The topological polar surface area (TPSA) is 65.0 Å². The van der Waals surface area contributed by atoms with Crippen molar-refractivity contribution in [2.24, 2.45) is 0 Å². The van der Waals surface area contributed by atoms with Crippen LogP contribution in [-0.2, 0) is 20.7 Å². The third-order valence-corrected chi connectivity index (χ3v) is 2.46. The lowest BCUT2D eigenvalue weighted by molar-refractivity contribution is -0.138. The maximum Gasteiger partial charge on any atom is 0.305 e. The fourth-order valence-corrected chi connectivity index (χ4v) is 1.56. The van der Waals surface area contributed by atoms with E-state index in [0.29, 0.717) is 6.61 Å². The van der Waals surface area contributed by atoms with Crippen molar-refractivity contribution >= 4 is 5.97 Å². The molecule has 0 saturated carbocycles. The highest BCUT2D eigenvalue weighted by molar-refractivity contribution is 5.66. The Kier molecular flexibility index (Phi) is 7.62. The van der Waals surface area contributed by atoms with Crippen LogP contribution in [0, 0.1) is 0 Å². The number of aryl methyl sites for hydroxylation is 1. The summed E-state index contributed by atoms with van der Waals surface area (Å²) in [6.07, 6.45) is 1.78. The largest absolute Gasteiger partial charge is 0.481 e.